The van der Waals surface area contributed by atoms with Crippen molar-refractivity contribution in [3.63, 3.8) is 0 Å². The first-order valence-electron chi connectivity index (χ1n) is 5.16. The van der Waals surface area contributed by atoms with Gasteiger partial charge in [0, 0.05) is 11.9 Å². The van der Waals surface area contributed by atoms with Gasteiger partial charge in [0.15, 0.2) is 0 Å². The van der Waals surface area contributed by atoms with E-state index in [2.05, 4.69) is 26.0 Å². The number of thioether (sulfide) groups is 1. The minimum Gasteiger partial charge on any atom is -0.313 e. The zero-order valence-electron chi connectivity index (χ0n) is 10.3. The van der Waals surface area contributed by atoms with Crippen LogP contribution in [-0.4, -0.2) is 12.2 Å². The summed E-state index contributed by atoms with van der Waals surface area (Å²) in [5.41, 5.74) is 6.71. The summed E-state index contributed by atoms with van der Waals surface area (Å²) >= 11 is 2.88. The lowest BCUT2D eigenvalue weighted by Crippen LogP contribution is -2.12. The fourth-order valence-corrected chi connectivity index (χ4v) is 5.72. The number of benzene rings is 1. The molecule has 3 nitrogen and oxygen atoms in total. The van der Waals surface area contributed by atoms with Crippen LogP contribution in [0.3, 0.4) is 0 Å². The van der Waals surface area contributed by atoms with Crippen LogP contribution >= 0.6 is 29.9 Å². The van der Waals surface area contributed by atoms with Crippen LogP contribution in [0.1, 0.15) is 19.4 Å². The molecule has 6 heteroatoms. The van der Waals surface area contributed by atoms with Gasteiger partial charge >= 0.3 is 6.72 Å². The molecule has 0 spiro atoms. The molecule has 0 saturated carbocycles. The minimum absolute atomic E-state index is 0.0258. The topological polar surface area (TPSA) is 52.3 Å². The summed E-state index contributed by atoms with van der Waals surface area (Å²) < 4.78 is 16.2. The molecule has 1 atom stereocenters. The lowest BCUT2D eigenvalue weighted by molar-refractivity contribution is 0.410. The first-order chi connectivity index (χ1) is 7.87. The molecule has 0 bridgehead atoms. The van der Waals surface area contributed by atoms with E-state index in [1.807, 2.05) is 18.2 Å². The molecular weight excluding hydrogens is 273 g/mol. The Hall–Kier alpha value is 0.0700. The molecular formula is C11H18NO2PS2. The van der Waals surface area contributed by atoms with Crippen LogP contribution in [0.25, 0.3) is 0 Å². The van der Waals surface area contributed by atoms with Crippen LogP contribution in [0.5, 0.6) is 0 Å². The Labute approximate surface area is 111 Å². The SMILES string of the molecule is COP(N)(=O)SCSC(C)(C)c1ccccc1. The summed E-state index contributed by atoms with van der Waals surface area (Å²) in [5.74, 6) is 0. The number of hydrogen-bond donors (Lipinski definition) is 1. The van der Waals surface area contributed by atoms with Gasteiger partial charge in [0.1, 0.15) is 0 Å². The van der Waals surface area contributed by atoms with Crippen molar-refractivity contribution >= 4 is 29.9 Å². The number of rotatable bonds is 6. The number of hydrogen-bond acceptors (Lipinski definition) is 4. The fraction of sp³-hybridized carbons (Fsp3) is 0.455. The third-order valence-corrected chi connectivity index (χ3v) is 7.57. The van der Waals surface area contributed by atoms with Crippen LogP contribution in [0.2, 0.25) is 0 Å². The third-order valence-electron chi connectivity index (χ3n) is 2.38. The van der Waals surface area contributed by atoms with Crippen molar-refractivity contribution in [1.82, 2.24) is 0 Å². The first-order valence-corrected chi connectivity index (χ1v) is 9.43. The first kappa shape index (κ1) is 15.1. The van der Waals surface area contributed by atoms with E-state index in [0.29, 0.717) is 5.08 Å². The van der Waals surface area contributed by atoms with Crippen LogP contribution in [0.4, 0.5) is 0 Å². The largest absolute Gasteiger partial charge is 0.324 e. The molecule has 0 radical (unpaired) electrons. The van der Waals surface area contributed by atoms with Gasteiger partial charge in [-0.15, -0.1) is 11.8 Å². The normalized spacial score (nSPS) is 15.5. The molecule has 2 N–H and O–H groups in total. The Kier molecular flexibility index (Phi) is 5.61. The number of nitrogens with two attached hydrogens (primary N) is 1. The van der Waals surface area contributed by atoms with Gasteiger partial charge in [-0.25, -0.2) is 0 Å². The Morgan fingerprint density at radius 3 is 2.47 bits per heavy atom. The Bertz CT molecular complexity index is 398. The molecule has 0 heterocycles. The standard InChI is InChI=1S/C11H18NO2PS2/c1-11(2,10-7-5-4-6-8-10)16-9-17-15(12,13)14-3/h4-8H,9H2,1-3H3,(H2,12,13). The van der Waals surface area contributed by atoms with Crippen molar-refractivity contribution in [3.05, 3.63) is 35.9 Å². The molecule has 1 unspecified atom stereocenters. The fourth-order valence-electron chi connectivity index (χ4n) is 1.22. The van der Waals surface area contributed by atoms with Crippen molar-refractivity contribution < 1.29 is 9.09 Å². The Morgan fingerprint density at radius 1 is 1.35 bits per heavy atom. The molecule has 0 aliphatic heterocycles. The van der Waals surface area contributed by atoms with Gasteiger partial charge in [-0.05, 0) is 30.8 Å². The summed E-state index contributed by atoms with van der Waals surface area (Å²) in [6.45, 7) is 1.33. The van der Waals surface area contributed by atoms with E-state index in [0.717, 1.165) is 0 Å². The van der Waals surface area contributed by atoms with Gasteiger partial charge in [-0.1, -0.05) is 30.3 Å². The molecule has 17 heavy (non-hydrogen) atoms. The van der Waals surface area contributed by atoms with Gasteiger partial charge in [-0.3, -0.25) is 10.1 Å². The molecule has 1 aromatic carbocycles. The van der Waals surface area contributed by atoms with E-state index in [1.54, 1.807) is 11.8 Å². The van der Waals surface area contributed by atoms with Crippen molar-refractivity contribution in [2.45, 2.75) is 18.6 Å². The van der Waals surface area contributed by atoms with Gasteiger partial charge in [0.05, 0.1) is 5.08 Å². The monoisotopic (exact) mass is 291 g/mol. The van der Waals surface area contributed by atoms with Crippen LogP contribution < -0.4 is 5.50 Å². The Balaban J connectivity index is 2.54. The molecule has 0 amide bonds. The second-order valence-corrected chi connectivity index (χ2v) is 10.2. The van der Waals surface area contributed by atoms with Crippen molar-refractivity contribution in [2.75, 3.05) is 12.2 Å². The van der Waals surface area contributed by atoms with E-state index in [4.69, 9.17) is 10.0 Å². The van der Waals surface area contributed by atoms with Crippen LogP contribution in [-0.2, 0) is 13.8 Å². The van der Waals surface area contributed by atoms with Crippen molar-refractivity contribution in [1.29, 1.82) is 0 Å². The van der Waals surface area contributed by atoms with Crippen LogP contribution in [0.15, 0.2) is 30.3 Å². The van der Waals surface area contributed by atoms with Gasteiger partial charge in [-0.2, -0.15) is 0 Å². The van der Waals surface area contributed by atoms with E-state index < -0.39 is 6.72 Å². The zero-order valence-corrected chi connectivity index (χ0v) is 12.8. The summed E-state index contributed by atoms with van der Waals surface area (Å²) in [5, 5.41) is 0.642. The second-order valence-electron chi connectivity index (χ2n) is 3.99. The highest BCUT2D eigenvalue weighted by molar-refractivity contribution is 8.58. The quantitative estimate of drug-likeness (QED) is 0.632. The molecule has 0 fully saturated rings. The predicted molar refractivity (Wildman–Crippen MR) is 78.3 cm³/mol. The second kappa shape index (κ2) is 6.30. The molecule has 96 valence electrons. The molecule has 1 aromatic rings. The molecule has 0 aliphatic rings. The summed E-state index contributed by atoms with van der Waals surface area (Å²) in [6.07, 6.45) is 0. The molecule has 0 aromatic heterocycles. The molecule has 0 saturated heterocycles. The van der Waals surface area contributed by atoms with Crippen molar-refractivity contribution in [3.8, 4) is 0 Å². The highest BCUT2D eigenvalue weighted by Crippen LogP contribution is 2.54. The van der Waals surface area contributed by atoms with Crippen molar-refractivity contribution in [2.24, 2.45) is 5.50 Å². The van der Waals surface area contributed by atoms with Gasteiger partial charge < -0.3 is 4.52 Å². The highest BCUT2D eigenvalue weighted by atomic mass is 32.7. The summed E-state index contributed by atoms with van der Waals surface area (Å²) in [6, 6.07) is 10.2. The maximum absolute atomic E-state index is 11.5. The van der Waals surface area contributed by atoms with E-state index in [9.17, 15) is 4.57 Å². The lowest BCUT2D eigenvalue weighted by Gasteiger charge is -2.24. The smallest absolute Gasteiger partial charge is 0.313 e. The maximum atomic E-state index is 11.5. The summed E-state index contributed by atoms with van der Waals surface area (Å²) in [7, 11) is 1.38. The maximum Gasteiger partial charge on any atom is 0.324 e. The Morgan fingerprint density at radius 2 is 1.94 bits per heavy atom. The molecule has 1 rings (SSSR count). The average Bonchev–Trinajstić information content (AvgIpc) is 2.30. The third kappa shape index (κ3) is 5.06. The minimum atomic E-state index is -2.96. The van der Waals surface area contributed by atoms with Gasteiger partial charge in [0.25, 0.3) is 0 Å². The average molecular weight is 291 g/mol. The lowest BCUT2D eigenvalue weighted by atomic mass is 10.0. The zero-order chi connectivity index (χ0) is 12.9. The van der Waals surface area contributed by atoms with E-state index in [-0.39, 0.29) is 4.75 Å². The predicted octanol–water partition coefficient (Wildman–Crippen LogP) is 4.06. The highest BCUT2D eigenvalue weighted by Gasteiger charge is 2.23. The van der Waals surface area contributed by atoms with Crippen LogP contribution in [0, 0.1) is 0 Å². The summed E-state index contributed by atoms with van der Waals surface area (Å²) in [4.78, 5) is 0. The molecule has 0 aliphatic carbocycles. The van der Waals surface area contributed by atoms with Gasteiger partial charge in [0.2, 0.25) is 0 Å². The van der Waals surface area contributed by atoms with E-state index in [1.165, 1.54) is 24.1 Å². The van der Waals surface area contributed by atoms with E-state index >= 15 is 0 Å².